The second-order valence-electron chi connectivity index (χ2n) is 6.80. The van der Waals surface area contributed by atoms with Crippen LogP contribution in [0.1, 0.15) is 63.4 Å². The smallest absolute Gasteiger partial charge is 0.123 e. The van der Waals surface area contributed by atoms with E-state index in [1.807, 2.05) is 12.1 Å². The highest BCUT2D eigenvalue weighted by atomic mass is 19.1. The van der Waals surface area contributed by atoms with Gasteiger partial charge in [-0.05, 0) is 42.4 Å². The van der Waals surface area contributed by atoms with E-state index in [4.69, 9.17) is 5.73 Å². The minimum atomic E-state index is -0.303. The van der Waals surface area contributed by atoms with Gasteiger partial charge in [0.15, 0.2) is 0 Å². The van der Waals surface area contributed by atoms with Crippen molar-refractivity contribution in [3.8, 4) is 0 Å². The standard InChI is InChI=1S/C18H26FN/c19-16-10-6-9-15(13-16)18(20)12-5-4-11-17(18)14-7-2-1-3-8-14/h6,9-10,13-14,17H,1-5,7-8,11-12,20H2. The third-order valence-corrected chi connectivity index (χ3v) is 5.60. The fraction of sp³-hybridized carbons (Fsp3) is 0.667. The zero-order chi connectivity index (χ0) is 14.0. The van der Waals surface area contributed by atoms with Crippen LogP contribution in [0.15, 0.2) is 24.3 Å². The monoisotopic (exact) mass is 275 g/mol. The molecule has 2 atom stereocenters. The van der Waals surface area contributed by atoms with Gasteiger partial charge in [-0.2, -0.15) is 0 Å². The van der Waals surface area contributed by atoms with Crippen molar-refractivity contribution < 1.29 is 4.39 Å². The Labute approximate surface area is 121 Å². The normalized spacial score (nSPS) is 32.2. The molecule has 0 saturated heterocycles. The highest BCUT2D eigenvalue weighted by Gasteiger charge is 2.42. The Morgan fingerprint density at radius 3 is 2.50 bits per heavy atom. The van der Waals surface area contributed by atoms with E-state index in [0.29, 0.717) is 5.92 Å². The summed E-state index contributed by atoms with van der Waals surface area (Å²) in [5.74, 6) is 1.14. The first kappa shape index (κ1) is 14.1. The largest absolute Gasteiger partial charge is 0.321 e. The number of rotatable bonds is 2. The Kier molecular flexibility index (Phi) is 4.11. The molecule has 2 N–H and O–H groups in total. The SMILES string of the molecule is NC1(c2cccc(F)c2)CCCCC1C1CCCCC1. The summed E-state index contributed by atoms with van der Waals surface area (Å²) in [6, 6.07) is 7.03. The van der Waals surface area contributed by atoms with Crippen LogP contribution in [0.2, 0.25) is 0 Å². The molecule has 20 heavy (non-hydrogen) atoms. The molecular formula is C18H26FN. The maximum Gasteiger partial charge on any atom is 0.123 e. The van der Waals surface area contributed by atoms with Crippen molar-refractivity contribution in [2.24, 2.45) is 17.6 Å². The predicted octanol–water partition coefficient (Wildman–Crippen LogP) is 4.75. The van der Waals surface area contributed by atoms with E-state index in [1.54, 1.807) is 6.07 Å². The van der Waals surface area contributed by atoms with Gasteiger partial charge in [0, 0.05) is 5.54 Å². The van der Waals surface area contributed by atoms with Crippen molar-refractivity contribution >= 4 is 0 Å². The lowest BCUT2D eigenvalue weighted by Gasteiger charge is -2.46. The first-order valence-corrected chi connectivity index (χ1v) is 8.25. The molecule has 1 aromatic carbocycles. The highest BCUT2D eigenvalue weighted by Crippen LogP contribution is 2.47. The molecule has 2 heteroatoms. The summed E-state index contributed by atoms with van der Waals surface area (Å²) in [7, 11) is 0. The number of hydrogen-bond acceptors (Lipinski definition) is 1. The van der Waals surface area contributed by atoms with E-state index in [1.165, 1.54) is 57.4 Å². The van der Waals surface area contributed by atoms with Gasteiger partial charge in [-0.3, -0.25) is 0 Å². The van der Waals surface area contributed by atoms with Gasteiger partial charge in [-0.15, -0.1) is 0 Å². The molecule has 0 amide bonds. The van der Waals surface area contributed by atoms with E-state index in [0.717, 1.165) is 17.9 Å². The number of hydrogen-bond donors (Lipinski definition) is 1. The summed E-state index contributed by atoms with van der Waals surface area (Å²) in [4.78, 5) is 0. The summed E-state index contributed by atoms with van der Waals surface area (Å²) in [6.07, 6.45) is 11.4. The van der Waals surface area contributed by atoms with Gasteiger partial charge >= 0.3 is 0 Å². The third-order valence-electron chi connectivity index (χ3n) is 5.60. The molecule has 0 spiro atoms. The fourth-order valence-corrected chi connectivity index (χ4v) is 4.55. The fourth-order valence-electron chi connectivity index (χ4n) is 4.55. The minimum absolute atomic E-state index is 0.153. The Balaban J connectivity index is 1.90. The molecule has 2 unspecified atom stereocenters. The first-order chi connectivity index (χ1) is 9.70. The summed E-state index contributed by atoms with van der Waals surface area (Å²) < 4.78 is 13.6. The van der Waals surface area contributed by atoms with Crippen LogP contribution in [0.5, 0.6) is 0 Å². The van der Waals surface area contributed by atoms with Crippen molar-refractivity contribution in [3.63, 3.8) is 0 Å². The Morgan fingerprint density at radius 1 is 1.00 bits per heavy atom. The quantitative estimate of drug-likeness (QED) is 0.828. The van der Waals surface area contributed by atoms with Gasteiger partial charge in [0.2, 0.25) is 0 Å². The van der Waals surface area contributed by atoms with Crippen LogP contribution in [-0.2, 0) is 5.54 Å². The summed E-state index contributed by atoms with van der Waals surface area (Å²) >= 11 is 0. The van der Waals surface area contributed by atoms with Gasteiger partial charge in [0.1, 0.15) is 5.82 Å². The maximum absolute atomic E-state index is 13.6. The molecule has 0 radical (unpaired) electrons. The zero-order valence-corrected chi connectivity index (χ0v) is 12.3. The average Bonchev–Trinajstić information content (AvgIpc) is 2.49. The van der Waals surface area contributed by atoms with E-state index >= 15 is 0 Å². The number of benzene rings is 1. The minimum Gasteiger partial charge on any atom is -0.321 e. The molecule has 2 aliphatic carbocycles. The van der Waals surface area contributed by atoms with Crippen LogP contribution >= 0.6 is 0 Å². The molecule has 1 nitrogen and oxygen atoms in total. The number of nitrogens with two attached hydrogens (primary N) is 1. The van der Waals surface area contributed by atoms with E-state index in [9.17, 15) is 4.39 Å². The van der Waals surface area contributed by atoms with Crippen LogP contribution in [0, 0.1) is 17.7 Å². The molecule has 110 valence electrons. The molecule has 1 aromatic rings. The summed E-state index contributed by atoms with van der Waals surface area (Å²) in [5.41, 5.74) is 7.58. The second kappa shape index (κ2) is 5.85. The molecule has 2 fully saturated rings. The average molecular weight is 275 g/mol. The Hall–Kier alpha value is -0.890. The van der Waals surface area contributed by atoms with E-state index in [2.05, 4.69) is 0 Å². The van der Waals surface area contributed by atoms with Crippen LogP contribution in [0.3, 0.4) is 0 Å². The molecule has 0 heterocycles. The van der Waals surface area contributed by atoms with Gasteiger partial charge in [0.05, 0.1) is 0 Å². The van der Waals surface area contributed by atoms with Gasteiger partial charge in [0.25, 0.3) is 0 Å². The van der Waals surface area contributed by atoms with E-state index < -0.39 is 0 Å². The second-order valence-corrected chi connectivity index (χ2v) is 6.80. The van der Waals surface area contributed by atoms with E-state index in [-0.39, 0.29) is 11.4 Å². The molecule has 0 bridgehead atoms. The van der Waals surface area contributed by atoms with Gasteiger partial charge in [-0.1, -0.05) is 57.1 Å². The van der Waals surface area contributed by atoms with Crippen LogP contribution in [0.4, 0.5) is 4.39 Å². The maximum atomic E-state index is 13.6. The molecule has 3 rings (SSSR count). The van der Waals surface area contributed by atoms with Crippen LogP contribution in [-0.4, -0.2) is 0 Å². The first-order valence-electron chi connectivity index (χ1n) is 8.25. The molecule has 2 saturated carbocycles. The Morgan fingerprint density at radius 2 is 1.75 bits per heavy atom. The lowest BCUT2D eigenvalue weighted by molar-refractivity contribution is 0.0983. The third kappa shape index (κ3) is 2.63. The lowest BCUT2D eigenvalue weighted by Crippen LogP contribution is -2.49. The van der Waals surface area contributed by atoms with Crippen molar-refractivity contribution in [2.75, 3.05) is 0 Å². The van der Waals surface area contributed by atoms with Crippen molar-refractivity contribution in [1.82, 2.24) is 0 Å². The van der Waals surface area contributed by atoms with Gasteiger partial charge in [-0.25, -0.2) is 4.39 Å². The zero-order valence-electron chi connectivity index (χ0n) is 12.3. The Bertz CT molecular complexity index is 452. The number of halogens is 1. The summed E-state index contributed by atoms with van der Waals surface area (Å²) in [6.45, 7) is 0. The van der Waals surface area contributed by atoms with Crippen molar-refractivity contribution in [1.29, 1.82) is 0 Å². The molecular weight excluding hydrogens is 249 g/mol. The highest BCUT2D eigenvalue weighted by molar-refractivity contribution is 5.27. The molecule has 0 aromatic heterocycles. The van der Waals surface area contributed by atoms with Crippen molar-refractivity contribution in [3.05, 3.63) is 35.6 Å². The summed E-state index contributed by atoms with van der Waals surface area (Å²) in [5, 5.41) is 0. The predicted molar refractivity (Wildman–Crippen MR) is 80.8 cm³/mol. The topological polar surface area (TPSA) is 26.0 Å². The molecule has 2 aliphatic rings. The lowest BCUT2D eigenvalue weighted by atomic mass is 9.62. The molecule has 0 aliphatic heterocycles. The van der Waals surface area contributed by atoms with Gasteiger partial charge < -0.3 is 5.73 Å². The van der Waals surface area contributed by atoms with Crippen LogP contribution < -0.4 is 5.73 Å². The van der Waals surface area contributed by atoms with Crippen LogP contribution in [0.25, 0.3) is 0 Å². The van der Waals surface area contributed by atoms with Crippen molar-refractivity contribution in [2.45, 2.75) is 63.3 Å².